The zero-order valence-electron chi connectivity index (χ0n) is 19.9. The van der Waals surface area contributed by atoms with Crippen molar-refractivity contribution in [3.8, 4) is 0 Å². The van der Waals surface area contributed by atoms with Crippen LogP contribution in [0, 0.1) is 0 Å². The van der Waals surface area contributed by atoms with Crippen molar-refractivity contribution < 1.29 is 9.59 Å². The second-order valence-electron chi connectivity index (χ2n) is 8.01. The number of carbonyl (C=O) groups excluding carboxylic acids is 2. The lowest BCUT2D eigenvalue weighted by molar-refractivity contribution is -0.122. The van der Waals surface area contributed by atoms with Crippen molar-refractivity contribution in [3.05, 3.63) is 130 Å². The third kappa shape index (κ3) is 8.15. The van der Waals surface area contributed by atoms with Gasteiger partial charge in [0, 0.05) is 66.5 Å². The highest BCUT2D eigenvalue weighted by Gasteiger charge is 2.14. The zero-order valence-corrected chi connectivity index (χ0v) is 21.4. The molecule has 182 valence electrons. The number of amides is 1. The molecule has 2 aromatic carbocycles. The van der Waals surface area contributed by atoms with Crippen molar-refractivity contribution in [3.63, 3.8) is 0 Å². The smallest absolute Gasteiger partial charge is 0.253 e. The highest BCUT2D eigenvalue weighted by molar-refractivity contribution is 6.31. The summed E-state index contributed by atoms with van der Waals surface area (Å²) in [5, 5.41) is 1.31. The average Bonchev–Trinajstić information content (AvgIpc) is 2.90. The summed E-state index contributed by atoms with van der Waals surface area (Å²) in [5.41, 5.74) is 4.04. The Morgan fingerprint density at radius 3 is 1.75 bits per heavy atom. The summed E-state index contributed by atoms with van der Waals surface area (Å²) in [6.07, 6.45) is 8.97. The van der Waals surface area contributed by atoms with E-state index in [1.165, 1.54) is 0 Å². The van der Waals surface area contributed by atoms with Crippen LogP contribution < -0.4 is 0 Å². The van der Waals surface area contributed by atoms with E-state index in [0.717, 1.165) is 16.7 Å². The maximum absolute atomic E-state index is 12.3. The fourth-order valence-corrected chi connectivity index (χ4v) is 3.44. The van der Waals surface area contributed by atoms with Crippen molar-refractivity contribution >= 4 is 46.5 Å². The minimum Gasteiger partial charge on any atom is -0.345 e. The summed E-state index contributed by atoms with van der Waals surface area (Å²) >= 11 is 11.6. The van der Waals surface area contributed by atoms with Gasteiger partial charge in [-0.05, 0) is 83.4 Å². The first-order chi connectivity index (χ1) is 17.3. The van der Waals surface area contributed by atoms with Gasteiger partial charge < -0.3 is 4.90 Å². The van der Waals surface area contributed by atoms with Crippen LogP contribution in [0.2, 0.25) is 10.0 Å². The minimum absolute atomic E-state index is 0.0499. The second kappa shape index (κ2) is 13.3. The number of Topliss-reactive ketones (excluding diaryl/α,β-unsaturated/α-hetero) is 1. The van der Waals surface area contributed by atoms with E-state index in [4.69, 9.17) is 23.2 Å². The third-order valence-corrected chi connectivity index (χ3v) is 5.59. The number of hydrogen-bond acceptors (Lipinski definition) is 4. The summed E-state index contributed by atoms with van der Waals surface area (Å²) in [7, 11) is 3.47. The molecule has 0 fully saturated rings. The molecule has 0 aliphatic heterocycles. The maximum atomic E-state index is 12.3. The molecule has 1 amide bonds. The van der Waals surface area contributed by atoms with Gasteiger partial charge in [-0.2, -0.15) is 0 Å². The van der Waals surface area contributed by atoms with Crippen LogP contribution in [-0.4, -0.2) is 40.7 Å². The first-order valence-corrected chi connectivity index (χ1v) is 11.9. The number of nitrogens with zero attached hydrogens (tertiary/aromatic N) is 3. The Labute approximate surface area is 221 Å². The number of pyridine rings is 2. The molecule has 0 spiro atoms. The van der Waals surface area contributed by atoms with Crippen LogP contribution in [0.15, 0.2) is 97.6 Å². The lowest BCUT2D eigenvalue weighted by Gasteiger charge is -2.14. The molecular formula is C29H25Cl2N3O2. The minimum atomic E-state index is -0.0499. The molecule has 0 bridgehead atoms. The fourth-order valence-electron chi connectivity index (χ4n) is 3.19. The molecule has 0 saturated heterocycles. The van der Waals surface area contributed by atoms with Crippen LogP contribution in [0.1, 0.15) is 27.0 Å². The highest BCUT2D eigenvalue weighted by Crippen LogP contribution is 2.21. The fraction of sp³-hybridized carbons (Fsp3) is 0.103. The topological polar surface area (TPSA) is 63.2 Å². The zero-order chi connectivity index (χ0) is 25.9. The van der Waals surface area contributed by atoms with Gasteiger partial charge in [0.25, 0.3) is 5.91 Å². The van der Waals surface area contributed by atoms with Crippen LogP contribution >= 0.6 is 23.2 Å². The number of likely N-dealkylation sites (N-methyl/N-ethyl adjacent to an activating group) is 1. The summed E-state index contributed by atoms with van der Waals surface area (Å²) in [6.45, 7) is 0. The number of carbonyl (C=O) groups is 2. The number of hydrogen-bond donors (Lipinski definition) is 0. The molecule has 0 aliphatic rings. The van der Waals surface area contributed by atoms with Gasteiger partial charge in [0.15, 0.2) is 5.78 Å². The van der Waals surface area contributed by atoms with Crippen molar-refractivity contribution in [1.29, 1.82) is 0 Å². The molecule has 2 aromatic heterocycles. The molecule has 0 atom stereocenters. The molecular weight excluding hydrogens is 493 g/mol. The molecule has 0 N–H and O–H groups in total. The van der Waals surface area contributed by atoms with Gasteiger partial charge in [-0.25, -0.2) is 0 Å². The molecule has 0 aliphatic carbocycles. The number of rotatable bonds is 6. The van der Waals surface area contributed by atoms with Gasteiger partial charge in [0.2, 0.25) is 0 Å². The summed E-state index contributed by atoms with van der Waals surface area (Å²) in [6, 6.07) is 21.6. The SMILES string of the molecule is CN(C)C(=O)C(=Cc1ccc(Cl)cc1)c1ccncc1.O=C(Cc1ccncc1)c1ccc(Cl)cc1. The molecule has 0 saturated carbocycles. The Bertz CT molecular complexity index is 1310. The van der Waals surface area contributed by atoms with E-state index in [-0.39, 0.29) is 11.7 Å². The van der Waals surface area contributed by atoms with Gasteiger partial charge in [0.05, 0.1) is 0 Å². The Balaban J connectivity index is 0.000000205. The standard InChI is InChI=1S/C16H15ClN2O.C13H10ClNO/c1-19(2)16(20)15(13-7-9-18-10-8-13)11-12-3-5-14(17)6-4-12;14-12-3-1-11(2-4-12)13(16)9-10-5-7-15-8-6-10/h3-11H,1-2H3;1-8H,9H2. The van der Waals surface area contributed by atoms with Crippen LogP contribution in [0.3, 0.4) is 0 Å². The lowest BCUT2D eigenvalue weighted by atomic mass is 10.0. The maximum Gasteiger partial charge on any atom is 0.253 e. The van der Waals surface area contributed by atoms with E-state index in [2.05, 4.69) is 9.97 Å². The highest BCUT2D eigenvalue weighted by atomic mass is 35.5. The molecule has 0 unspecified atom stereocenters. The largest absolute Gasteiger partial charge is 0.345 e. The molecule has 4 rings (SSSR count). The molecule has 4 aromatic rings. The predicted octanol–water partition coefficient (Wildman–Crippen LogP) is 6.52. The first kappa shape index (κ1) is 26.8. The quantitative estimate of drug-likeness (QED) is 0.215. The molecule has 2 heterocycles. The van der Waals surface area contributed by atoms with E-state index >= 15 is 0 Å². The monoisotopic (exact) mass is 517 g/mol. The molecule has 7 heteroatoms. The van der Waals surface area contributed by atoms with Crippen molar-refractivity contribution in [2.75, 3.05) is 14.1 Å². The third-order valence-electron chi connectivity index (χ3n) is 5.09. The van der Waals surface area contributed by atoms with Crippen molar-refractivity contribution in [2.24, 2.45) is 0 Å². The first-order valence-electron chi connectivity index (χ1n) is 11.1. The number of ketones is 1. The Morgan fingerprint density at radius 2 is 1.22 bits per heavy atom. The average molecular weight is 518 g/mol. The van der Waals surface area contributed by atoms with Crippen LogP contribution in [-0.2, 0) is 11.2 Å². The van der Waals surface area contributed by atoms with E-state index in [1.807, 2.05) is 42.5 Å². The molecule has 5 nitrogen and oxygen atoms in total. The summed E-state index contributed by atoms with van der Waals surface area (Å²) < 4.78 is 0. The predicted molar refractivity (Wildman–Crippen MR) is 146 cm³/mol. The van der Waals surface area contributed by atoms with E-state index < -0.39 is 0 Å². The van der Waals surface area contributed by atoms with Gasteiger partial charge >= 0.3 is 0 Å². The van der Waals surface area contributed by atoms with Crippen LogP contribution in [0.25, 0.3) is 11.6 Å². The van der Waals surface area contributed by atoms with Crippen LogP contribution in [0.4, 0.5) is 0 Å². The summed E-state index contributed by atoms with van der Waals surface area (Å²) in [4.78, 5) is 33.6. The van der Waals surface area contributed by atoms with Gasteiger partial charge in [-0.3, -0.25) is 19.6 Å². The number of aromatic nitrogens is 2. The number of halogens is 2. The van der Waals surface area contributed by atoms with Crippen molar-refractivity contribution in [1.82, 2.24) is 14.9 Å². The Hall–Kier alpha value is -3.80. The van der Waals surface area contributed by atoms with Gasteiger partial charge in [-0.1, -0.05) is 35.3 Å². The Kier molecular flexibility index (Phi) is 9.92. The van der Waals surface area contributed by atoms with Gasteiger partial charge in [0.1, 0.15) is 0 Å². The molecule has 36 heavy (non-hydrogen) atoms. The van der Waals surface area contributed by atoms with Crippen LogP contribution in [0.5, 0.6) is 0 Å². The van der Waals surface area contributed by atoms with E-state index in [9.17, 15) is 9.59 Å². The van der Waals surface area contributed by atoms with Gasteiger partial charge in [-0.15, -0.1) is 0 Å². The van der Waals surface area contributed by atoms with E-state index in [0.29, 0.717) is 27.6 Å². The second-order valence-corrected chi connectivity index (χ2v) is 8.88. The molecule has 0 radical (unpaired) electrons. The normalized spacial score (nSPS) is 10.7. The summed E-state index contributed by atoms with van der Waals surface area (Å²) in [5.74, 6) is 0.0361. The lowest BCUT2D eigenvalue weighted by Crippen LogP contribution is -2.22. The van der Waals surface area contributed by atoms with Crippen molar-refractivity contribution in [2.45, 2.75) is 6.42 Å². The Morgan fingerprint density at radius 1 is 0.722 bits per heavy atom. The van der Waals surface area contributed by atoms with E-state index in [1.54, 1.807) is 80.2 Å². The number of benzene rings is 2.